The number of nitrogens with zero attached hydrogens (tertiary/aromatic N) is 1. The summed E-state index contributed by atoms with van der Waals surface area (Å²) in [4.78, 5) is 11.9. The van der Waals surface area contributed by atoms with Crippen LogP contribution in [-0.2, 0) is 0 Å². The van der Waals surface area contributed by atoms with Crippen molar-refractivity contribution in [3.05, 3.63) is 30.1 Å². The van der Waals surface area contributed by atoms with Crippen LogP contribution in [0.15, 0.2) is 24.4 Å². The first-order chi connectivity index (χ1) is 9.15. The molecule has 7 heteroatoms. The molecule has 1 heterocycles. The van der Waals surface area contributed by atoms with Crippen LogP contribution in [0.25, 0.3) is 0 Å². The van der Waals surface area contributed by atoms with E-state index in [-0.39, 0.29) is 5.91 Å². The van der Waals surface area contributed by atoms with Crippen molar-refractivity contribution in [3.8, 4) is 11.5 Å². The number of anilines is 2. The second-order valence-electron chi connectivity index (χ2n) is 3.72. The van der Waals surface area contributed by atoms with Gasteiger partial charge in [-0.1, -0.05) is 0 Å². The fourth-order valence-electron chi connectivity index (χ4n) is 1.57. The number of carbonyl (C=O) groups excluding carboxylic acids is 1. The van der Waals surface area contributed by atoms with Gasteiger partial charge in [0, 0.05) is 18.3 Å². The van der Waals surface area contributed by atoms with Crippen LogP contribution in [0.1, 0.15) is 10.5 Å². The summed E-state index contributed by atoms with van der Waals surface area (Å²) < 4.78 is 10.3. The number of hydrogen-bond donors (Lipinski definition) is 3. The highest BCUT2D eigenvalue weighted by Crippen LogP contribution is 2.34. The topological polar surface area (TPSA) is 102 Å². The van der Waals surface area contributed by atoms with Crippen LogP contribution in [-0.4, -0.2) is 30.3 Å². The van der Waals surface area contributed by atoms with Gasteiger partial charge < -0.3 is 20.5 Å². The normalized spacial score (nSPS) is 10.0. The van der Waals surface area contributed by atoms with E-state index >= 15 is 0 Å². The number of amides is 1. The fourth-order valence-corrected chi connectivity index (χ4v) is 1.57. The number of aromatic nitrogens is 2. The molecule has 1 aromatic heterocycles. The maximum absolute atomic E-state index is 11.9. The number of H-pyrrole nitrogens is 1. The second-order valence-corrected chi connectivity index (χ2v) is 3.72. The van der Waals surface area contributed by atoms with E-state index in [0.717, 1.165) is 0 Å². The molecule has 1 amide bonds. The Kier molecular flexibility index (Phi) is 3.56. The van der Waals surface area contributed by atoms with E-state index in [2.05, 4.69) is 15.5 Å². The molecular formula is C12H14N4O3. The zero-order chi connectivity index (χ0) is 13.8. The molecule has 0 aliphatic rings. The summed E-state index contributed by atoms with van der Waals surface area (Å²) in [6, 6.07) is 4.75. The Balaban J connectivity index is 2.28. The molecule has 2 rings (SSSR count). The lowest BCUT2D eigenvalue weighted by Crippen LogP contribution is -2.14. The predicted octanol–water partition coefficient (Wildman–Crippen LogP) is 1.26. The number of ether oxygens (including phenoxy) is 2. The third-order valence-electron chi connectivity index (χ3n) is 2.55. The van der Waals surface area contributed by atoms with Crippen LogP contribution in [0.2, 0.25) is 0 Å². The molecule has 0 saturated heterocycles. The molecule has 0 atom stereocenters. The Morgan fingerprint density at radius 3 is 2.58 bits per heavy atom. The molecule has 0 aliphatic carbocycles. The number of methoxy groups -OCH3 is 2. The lowest BCUT2D eigenvalue weighted by molar-refractivity contribution is 0.102. The van der Waals surface area contributed by atoms with Gasteiger partial charge in [-0.15, -0.1) is 0 Å². The molecule has 0 radical (unpaired) electrons. The highest BCUT2D eigenvalue weighted by Gasteiger charge is 2.13. The van der Waals surface area contributed by atoms with Crippen molar-refractivity contribution in [2.24, 2.45) is 0 Å². The third kappa shape index (κ3) is 2.59. The minimum atomic E-state index is -0.337. The molecule has 2 aromatic rings. The average Bonchev–Trinajstić information content (AvgIpc) is 2.94. The maximum atomic E-state index is 11.9. The van der Waals surface area contributed by atoms with Gasteiger partial charge in [-0.05, 0) is 6.07 Å². The number of benzene rings is 1. The average molecular weight is 262 g/mol. The highest BCUT2D eigenvalue weighted by molar-refractivity contribution is 6.04. The number of nitrogens with two attached hydrogens (primary N) is 1. The lowest BCUT2D eigenvalue weighted by Gasteiger charge is -2.12. The summed E-state index contributed by atoms with van der Waals surface area (Å²) in [7, 11) is 3.02. The Bertz CT molecular complexity index is 581. The summed E-state index contributed by atoms with van der Waals surface area (Å²) in [5, 5.41) is 8.94. The quantitative estimate of drug-likeness (QED) is 0.720. The SMILES string of the molecule is COc1cc(N)c(NC(=O)c2ccn[nH]2)cc1OC. The number of rotatable bonds is 4. The molecular weight excluding hydrogens is 248 g/mol. The molecule has 19 heavy (non-hydrogen) atoms. The minimum absolute atomic E-state index is 0.337. The van der Waals surface area contributed by atoms with Gasteiger partial charge in [0.15, 0.2) is 11.5 Å². The molecule has 0 spiro atoms. The fraction of sp³-hybridized carbons (Fsp3) is 0.167. The highest BCUT2D eigenvalue weighted by atomic mass is 16.5. The predicted molar refractivity (Wildman–Crippen MR) is 70.5 cm³/mol. The van der Waals surface area contributed by atoms with E-state index in [9.17, 15) is 4.79 Å². The van der Waals surface area contributed by atoms with Crippen molar-refractivity contribution < 1.29 is 14.3 Å². The van der Waals surface area contributed by atoms with Crippen molar-refractivity contribution in [2.75, 3.05) is 25.3 Å². The van der Waals surface area contributed by atoms with E-state index in [1.54, 1.807) is 18.2 Å². The zero-order valence-electron chi connectivity index (χ0n) is 10.6. The van der Waals surface area contributed by atoms with Crippen molar-refractivity contribution in [1.82, 2.24) is 10.2 Å². The van der Waals surface area contributed by atoms with Crippen LogP contribution in [0, 0.1) is 0 Å². The van der Waals surface area contributed by atoms with Crippen molar-refractivity contribution in [2.45, 2.75) is 0 Å². The Morgan fingerprint density at radius 2 is 2.00 bits per heavy atom. The van der Waals surface area contributed by atoms with Crippen molar-refractivity contribution in [3.63, 3.8) is 0 Å². The maximum Gasteiger partial charge on any atom is 0.273 e. The monoisotopic (exact) mass is 262 g/mol. The summed E-state index contributed by atoms with van der Waals surface area (Å²) in [5.41, 5.74) is 7.01. The number of hydrogen-bond acceptors (Lipinski definition) is 5. The van der Waals surface area contributed by atoms with Gasteiger partial charge in [-0.2, -0.15) is 5.10 Å². The summed E-state index contributed by atoms with van der Waals surface area (Å²) >= 11 is 0. The Labute approximate surface area is 109 Å². The van der Waals surface area contributed by atoms with Gasteiger partial charge in [0.1, 0.15) is 5.69 Å². The first-order valence-electron chi connectivity index (χ1n) is 5.48. The standard InChI is InChI=1S/C12H14N4O3/c1-18-10-5-7(13)9(6-11(10)19-2)15-12(17)8-3-4-14-16-8/h3-6H,13H2,1-2H3,(H,14,16)(H,15,17). The van der Waals surface area contributed by atoms with E-state index < -0.39 is 0 Å². The molecule has 7 nitrogen and oxygen atoms in total. The van der Waals surface area contributed by atoms with Crippen LogP contribution < -0.4 is 20.5 Å². The largest absolute Gasteiger partial charge is 0.493 e. The molecule has 0 bridgehead atoms. The zero-order valence-corrected chi connectivity index (χ0v) is 10.6. The Morgan fingerprint density at radius 1 is 1.32 bits per heavy atom. The smallest absolute Gasteiger partial charge is 0.273 e. The van der Waals surface area contributed by atoms with Gasteiger partial charge in [0.05, 0.1) is 25.6 Å². The first kappa shape index (κ1) is 12.7. The molecule has 0 aliphatic heterocycles. The van der Waals surface area contributed by atoms with Gasteiger partial charge in [0.25, 0.3) is 5.91 Å². The van der Waals surface area contributed by atoms with E-state index in [4.69, 9.17) is 15.2 Å². The number of nitrogens with one attached hydrogen (secondary N) is 2. The molecule has 1 aromatic carbocycles. The van der Waals surface area contributed by atoms with Gasteiger partial charge in [0.2, 0.25) is 0 Å². The first-order valence-corrected chi connectivity index (χ1v) is 5.48. The van der Waals surface area contributed by atoms with E-state index in [1.807, 2.05) is 0 Å². The minimum Gasteiger partial charge on any atom is -0.493 e. The van der Waals surface area contributed by atoms with Gasteiger partial charge in [-0.25, -0.2) is 0 Å². The molecule has 0 fully saturated rings. The third-order valence-corrected chi connectivity index (χ3v) is 2.55. The molecule has 4 N–H and O–H groups in total. The van der Waals surface area contributed by atoms with Crippen LogP contribution in [0.5, 0.6) is 11.5 Å². The van der Waals surface area contributed by atoms with E-state index in [0.29, 0.717) is 28.6 Å². The molecule has 0 saturated carbocycles. The summed E-state index contributed by atoms with van der Waals surface area (Å²) in [6.45, 7) is 0. The number of aromatic amines is 1. The van der Waals surface area contributed by atoms with Crippen LogP contribution in [0.3, 0.4) is 0 Å². The second kappa shape index (κ2) is 5.30. The molecule has 0 unspecified atom stereocenters. The van der Waals surface area contributed by atoms with Crippen LogP contribution in [0.4, 0.5) is 11.4 Å². The van der Waals surface area contributed by atoms with Crippen molar-refractivity contribution in [1.29, 1.82) is 0 Å². The summed E-state index contributed by atoms with van der Waals surface area (Å²) in [6.07, 6.45) is 1.49. The molecule has 100 valence electrons. The van der Waals surface area contributed by atoms with Crippen molar-refractivity contribution >= 4 is 17.3 Å². The van der Waals surface area contributed by atoms with Gasteiger partial charge in [-0.3, -0.25) is 9.89 Å². The Hall–Kier alpha value is -2.70. The summed E-state index contributed by atoms with van der Waals surface area (Å²) in [5.74, 6) is 0.646. The van der Waals surface area contributed by atoms with E-state index in [1.165, 1.54) is 20.4 Å². The number of carbonyl (C=O) groups is 1. The van der Waals surface area contributed by atoms with Gasteiger partial charge >= 0.3 is 0 Å². The number of nitrogen functional groups attached to an aromatic ring is 1. The lowest BCUT2D eigenvalue weighted by atomic mass is 10.2. The van der Waals surface area contributed by atoms with Crippen LogP contribution >= 0.6 is 0 Å².